The highest BCUT2D eigenvalue weighted by molar-refractivity contribution is 6.31. The maximum Gasteiger partial charge on any atom is 0.257 e. The third kappa shape index (κ3) is 3.86. The summed E-state index contributed by atoms with van der Waals surface area (Å²) in [6, 6.07) is 11.7. The first-order chi connectivity index (χ1) is 16.8. The molecule has 4 saturated carbocycles. The standard InChI is InChI=1S/C28H28ClFN2O3/c29-23-4-2-1-3-20(23)16-31(27(35)28-13-17-9-18(14-28)11-19(10-17)15-28)24-12-25(33)32(26(24)34)22-7-5-21(30)6-8-22/h1-8,17-19,24H,9-16H2. The third-order valence-corrected chi connectivity index (χ3v) is 9.00. The van der Waals surface area contributed by atoms with Crippen LogP contribution in [0.3, 0.4) is 0 Å². The number of carbonyl (C=O) groups excluding carboxylic acids is 3. The lowest BCUT2D eigenvalue weighted by molar-refractivity contribution is -0.162. The van der Waals surface area contributed by atoms with Gasteiger partial charge in [0.2, 0.25) is 11.8 Å². The zero-order valence-electron chi connectivity index (χ0n) is 19.5. The van der Waals surface area contributed by atoms with Crippen LogP contribution in [0.15, 0.2) is 48.5 Å². The molecule has 3 amide bonds. The Labute approximate surface area is 209 Å². The number of nitrogens with zero attached hydrogens (tertiary/aromatic N) is 2. The summed E-state index contributed by atoms with van der Waals surface area (Å²) in [5.41, 5.74) is 0.624. The molecule has 2 aromatic carbocycles. The number of imide groups is 1. The third-order valence-electron chi connectivity index (χ3n) is 8.64. The van der Waals surface area contributed by atoms with E-state index >= 15 is 0 Å². The highest BCUT2D eigenvalue weighted by atomic mass is 35.5. The second-order valence-electron chi connectivity index (χ2n) is 11.0. The van der Waals surface area contributed by atoms with Gasteiger partial charge in [-0.15, -0.1) is 0 Å². The molecule has 1 atom stereocenters. The second-order valence-corrected chi connectivity index (χ2v) is 11.4. The summed E-state index contributed by atoms with van der Waals surface area (Å²) in [5, 5.41) is 0.531. The quantitative estimate of drug-likeness (QED) is 0.526. The summed E-state index contributed by atoms with van der Waals surface area (Å²) in [4.78, 5) is 43.8. The van der Waals surface area contributed by atoms with Crippen molar-refractivity contribution in [2.75, 3.05) is 4.90 Å². The number of amides is 3. The van der Waals surface area contributed by atoms with Crippen LogP contribution in [-0.4, -0.2) is 28.7 Å². The average Bonchev–Trinajstić information content (AvgIpc) is 3.11. The molecule has 4 aliphatic carbocycles. The van der Waals surface area contributed by atoms with Crippen LogP contribution in [0.2, 0.25) is 5.02 Å². The van der Waals surface area contributed by atoms with Crippen molar-refractivity contribution in [2.45, 2.75) is 57.5 Å². The molecule has 5 fully saturated rings. The number of hydrogen-bond acceptors (Lipinski definition) is 3. The van der Waals surface area contributed by atoms with Gasteiger partial charge in [0.05, 0.1) is 17.5 Å². The predicted octanol–water partition coefficient (Wildman–Crippen LogP) is 5.36. The van der Waals surface area contributed by atoms with E-state index < -0.39 is 23.2 Å². The van der Waals surface area contributed by atoms with Crippen LogP contribution in [-0.2, 0) is 20.9 Å². The van der Waals surface area contributed by atoms with Crippen LogP contribution in [0.1, 0.15) is 50.5 Å². The highest BCUT2D eigenvalue weighted by Gasteiger charge is 2.57. The van der Waals surface area contributed by atoms with Crippen molar-refractivity contribution in [2.24, 2.45) is 23.2 Å². The van der Waals surface area contributed by atoms with E-state index in [-0.39, 0.29) is 24.8 Å². The Morgan fingerprint density at radius 3 is 2.17 bits per heavy atom. The first-order valence-corrected chi connectivity index (χ1v) is 12.9. The van der Waals surface area contributed by atoms with Gasteiger partial charge in [-0.1, -0.05) is 29.8 Å². The van der Waals surface area contributed by atoms with Gasteiger partial charge in [0.25, 0.3) is 5.91 Å². The van der Waals surface area contributed by atoms with Gasteiger partial charge in [0, 0.05) is 11.6 Å². The van der Waals surface area contributed by atoms with Crippen LogP contribution >= 0.6 is 11.6 Å². The summed E-state index contributed by atoms with van der Waals surface area (Å²) in [5.74, 6) is 0.447. The lowest BCUT2D eigenvalue weighted by Crippen LogP contribution is -2.57. The van der Waals surface area contributed by atoms with E-state index in [0.717, 1.165) is 29.7 Å². The molecule has 1 aliphatic heterocycles. The van der Waals surface area contributed by atoms with Crippen molar-refractivity contribution >= 4 is 35.0 Å². The molecular formula is C28H28ClFN2O3. The number of rotatable bonds is 5. The van der Waals surface area contributed by atoms with E-state index in [0.29, 0.717) is 28.5 Å². The SMILES string of the molecule is O=C1CC(N(Cc2ccccc2Cl)C(=O)C23CC4CC(CC(C4)C2)C3)C(=O)N1c1ccc(F)cc1. The Bertz CT molecular complexity index is 1160. The Morgan fingerprint density at radius 1 is 0.971 bits per heavy atom. The fourth-order valence-corrected chi connectivity index (χ4v) is 7.73. The lowest BCUT2D eigenvalue weighted by atomic mass is 9.49. The summed E-state index contributed by atoms with van der Waals surface area (Å²) >= 11 is 6.47. The molecule has 0 spiro atoms. The summed E-state index contributed by atoms with van der Waals surface area (Å²) in [6.45, 7) is 0.182. The molecule has 1 saturated heterocycles. The first kappa shape index (κ1) is 22.7. The van der Waals surface area contributed by atoms with E-state index in [1.807, 2.05) is 18.2 Å². The summed E-state index contributed by atoms with van der Waals surface area (Å²) in [6.07, 6.45) is 6.13. The topological polar surface area (TPSA) is 57.7 Å². The van der Waals surface area contributed by atoms with Gasteiger partial charge in [-0.3, -0.25) is 14.4 Å². The maximum absolute atomic E-state index is 14.4. The zero-order chi connectivity index (χ0) is 24.3. The number of halogens is 2. The average molecular weight is 495 g/mol. The highest BCUT2D eigenvalue weighted by Crippen LogP contribution is 2.60. The van der Waals surface area contributed by atoms with E-state index in [2.05, 4.69) is 0 Å². The minimum absolute atomic E-state index is 0.0105. The van der Waals surface area contributed by atoms with Crippen molar-refractivity contribution in [1.82, 2.24) is 4.90 Å². The largest absolute Gasteiger partial charge is 0.325 e. The minimum atomic E-state index is -0.899. The monoisotopic (exact) mass is 494 g/mol. The van der Waals surface area contributed by atoms with Gasteiger partial charge in [-0.25, -0.2) is 9.29 Å². The lowest BCUT2D eigenvalue weighted by Gasteiger charge is -2.57. The van der Waals surface area contributed by atoms with Crippen LogP contribution < -0.4 is 4.90 Å². The number of carbonyl (C=O) groups is 3. The van der Waals surface area contributed by atoms with Gasteiger partial charge in [-0.2, -0.15) is 0 Å². The van der Waals surface area contributed by atoms with Crippen molar-refractivity contribution in [3.63, 3.8) is 0 Å². The Hall–Kier alpha value is -2.73. The summed E-state index contributed by atoms with van der Waals surface area (Å²) < 4.78 is 13.5. The normalized spacial score (nSPS) is 31.3. The van der Waals surface area contributed by atoms with E-state index in [1.165, 1.54) is 43.5 Å². The molecule has 2 aromatic rings. The molecule has 0 radical (unpaired) electrons. The maximum atomic E-state index is 14.4. The smallest absolute Gasteiger partial charge is 0.257 e. The Morgan fingerprint density at radius 2 is 1.57 bits per heavy atom. The Kier molecular flexibility index (Phi) is 5.48. The van der Waals surface area contributed by atoms with Crippen molar-refractivity contribution < 1.29 is 18.8 Å². The molecule has 7 rings (SSSR count). The zero-order valence-corrected chi connectivity index (χ0v) is 20.2. The molecule has 1 heterocycles. The van der Waals surface area contributed by atoms with E-state index in [1.54, 1.807) is 11.0 Å². The van der Waals surface area contributed by atoms with Crippen LogP contribution in [0.4, 0.5) is 10.1 Å². The first-order valence-electron chi connectivity index (χ1n) is 12.5. The Balaban J connectivity index is 1.36. The van der Waals surface area contributed by atoms with Gasteiger partial charge in [0.1, 0.15) is 11.9 Å². The van der Waals surface area contributed by atoms with Gasteiger partial charge >= 0.3 is 0 Å². The molecule has 4 bridgehead atoms. The van der Waals surface area contributed by atoms with Crippen molar-refractivity contribution in [1.29, 1.82) is 0 Å². The predicted molar refractivity (Wildman–Crippen MR) is 130 cm³/mol. The van der Waals surface area contributed by atoms with Gasteiger partial charge < -0.3 is 4.90 Å². The molecule has 5 aliphatic rings. The summed E-state index contributed by atoms with van der Waals surface area (Å²) in [7, 11) is 0. The van der Waals surface area contributed by atoms with E-state index in [4.69, 9.17) is 11.6 Å². The van der Waals surface area contributed by atoms with E-state index in [9.17, 15) is 18.8 Å². The fraction of sp³-hybridized carbons (Fsp3) is 0.464. The molecule has 35 heavy (non-hydrogen) atoms. The second kappa shape index (κ2) is 8.44. The van der Waals surface area contributed by atoms with Crippen LogP contribution in [0.25, 0.3) is 0 Å². The molecule has 182 valence electrons. The van der Waals surface area contributed by atoms with Crippen LogP contribution in [0.5, 0.6) is 0 Å². The molecular weight excluding hydrogens is 467 g/mol. The fourth-order valence-electron chi connectivity index (χ4n) is 7.53. The van der Waals surface area contributed by atoms with Gasteiger partial charge in [0.15, 0.2) is 0 Å². The minimum Gasteiger partial charge on any atom is -0.325 e. The number of benzene rings is 2. The van der Waals surface area contributed by atoms with Gasteiger partial charge in [-0.05, 0) is 92.2 Å². The van der Waals surface area contributed by atoms with Crippen molar-refractivity contribution in [3.8, 4) is 0 Å². The van der Waals surface area contributed by atoms with Crippen LogP contribution in [0, 0.1) is 29.0 Å². The molecule has 7 heteroatoms. The number of anilines is 1. The molecule has 1 unspecified atom stereocenters. The van der Waals surface area contributed by atoms with Crippen molar-refractivity contribution in [3.05, 3.63) is 64.9 Å². The molecule has 0 aromatic heterocycles. The number of hydrogen-bond donors (Lipinski definition) is 0. The molecule has 0 N–H and O–H groups in total. The molecule has 5 nitrogen and oxygen atoms in total.